The summed E-state index contributed by atoms with van der Waals surface area (Å²) in [7, 11) is 6.08. The highest BCUT2D eigenvalue weighted by atomic mass is 33.1. The molecular formula is C27H35F3N6O6S2. The van der Waals surface area contributed by atoms with Crippen LogP contribution in [-0.4, -0.2) is 106 Å². The second-order valence-electron chi connectivity index (χ2n) is 10.4. The van der Waals surface area contributed by atoms with E-state index < -0.39 is 40.8 Å². The van der Waals surface area contributed by atoms with Gasteiger partial charge >= 0.3 is 12.1 Å². The average molecular weight is 661 g/mol. The Hall–Kier alpha value is -3.01. The Balaban J connectivity index is 1.72. The van der Waals surface area contributed by atoms with Crippen molar-refractivity contribution in [2.75, 3.05) is 46.4 Å². The summed E-state index contributed by atoms with van der Waals surface area (Å²) in [6.45, 7) is 6.90. The van der Waals surface area contributed by atoms with Gasteiger partial charge in [-0.1, -0.05) is 39.5 Å². The van der Waals surface area contributed by atoms with E-state index in [0.29, 0.717) is 17.6 Å². The van der Waals surface area contributed by atoms with Crippen molar-refractivity contribution < 1.29 is 37.3 Å². The maximum Gasteiger partial charge on any atom is 0.471 e. The van der Waals surface area contributed by atoms with E-state index in [0.717, 1.165) is 0 Å². The quantitative estimate of drug-likeness (QED) is 0.0527. The fourth-order valence-corrected chi connectivity index (χ4v) is 6.09. The van der Waals surface area contributed by atoms with Gasteiger partial charge in [0.15, 0.2) is 5.65 Å². The van der Waals surface area contributed by atoms with Gasteiger partial charge in [-0.05, 0) is 13.8 Å². The Morgan fingerprint density at radius 2 is 2.18 bits per heavy atom. The van der Waals surface area contributed by atoms with Gasteiger partial charge < -0.3 is 34.1 Å². The monoisotopic (exact) mass is 660 g/mol. The van der Waals surface area contributed by atoms with Gasteiger partial charge in [-0.3, -0.25) is 14.6 Å². The molecule has 3 rings (SSSR count). The van der Waals surface area contributed by atoms with Gasteiger partial charge in [0.25, 0.3) is 5.56 Å². The number of fused-ring (bicyclic) bond motifs is 1. The lowest BCUT2D eigenvalue weighted by Crippen LogP contribution is -2.42. The van der Waals surface area contributed by atoms with Crippen molar-refractivity contribution in [3.8, 4) is 11.8 Å². The van der Waals surface area contributed by atoms with Crippen molar-refractivity contribution in [2.45, 2.75) is 49.6 Å². The SMILES string of the molecule is C=CCOC1C[C@H](n2cc(C#CCOCSSC(C)(C)CNC(=O)C(F)(F)F)c3c(=O)[nH]c(/N=C\N(C)C)nc32)O[C@@H]1CO. The van der Waals surface area contributed by atoms with Crippen molar-refractivity contribution in [3.05, 3.63) is 34.8 Å². The van der Waals surface area contributed by atoms with Crippen molar-refractivity contribution in [1.82, 2.24) is 24.8 Å². The standard InChI is InChI=1S/C27H35F3N6O6S2/c1-6-9-41-18-11-20(42-19(18)13-37)36-12-17(21-22(36)33-25(34-23(21)38)32-15-35(4)5)8-7-10-40-16-43-44-26(2,3)14-31-24(39)27(28,29)30/h6,12,15,18-20,37H,1,9-11,13-14,16H2,2-5H3,(H,31,39)(H,33,34,38)/b32-15-/t18?,19-,20-/m1/s1. The third kappa shape index (κ3) is 10.0. The summed E-state index contributed by atoms with van der Waals surface area (Å²) in [6.07, 6.45) is -1.39. The number of amides is 1. The van der Waals surface area contributed by atoms with E-state index in [9.17, 15) is 27.9 Å². The predicted octanol–water partition coefficient (Wildman–Crippen LogP) is 2.96. The van der Waals surface area contributed by atoms with Gasteiger partial charge in [0.2, 0.25) is 5.95 Å². The summed E-state index contributed by atoms with van der Waals surface area (Å²) in [5.74, 6) is 4.10. The molecule has 2 aromatic rings. The molecule has 1 unspecified atom stereocenters. The molecule has 17 heteroatoms. The minimum absolute atomic E-state index is 0.00595. The number of carbonyl (C=O) groups excluding carboxylic acids is 1. The van der Waals surface area contributed by atoms with Gasteiger partial charge in [-0.2, -0.15) is 18.2 Å². The molecule has 2 aromatic heterocycles. The van der Waals surface area contributed by atoms with Gasteiger partial charge in [0, 0.05) is 38.0 Å². The largest absolute Gasteiger partial charge is 0.471 e. The second-order valence-corrected chi connectivity index (χ2v) is 13.3. The molecule has 12 nitrogen and oxygen atoms in total. The van der Waals surface area contributed by atoms with E-state index in [2.05, 4.69) is 33.4 Å². The maximum absolute atomic E-state index is 13.1. The van der Waals surface area contributed by atoms with Gasteiger partial charge in [-0.25, -0.2) is 4.99 Å². The van der Waals surface area contributed by atoms with Crippen molar-refractivity contribution >= 4 is 50.8 Å². The molecule has 0 aromatic carbocycles. The number of ether oxygens (including phenoxy) is 3. The highest BCUT2D eigenvalue weighted by molar-refractivity contribution is 8.77. The Labute approximate surface area is 260 Å². The predicted molar refractivity (Wildman–Crippen MR) is 164 cm³/mol. The van der Waals surface area contributed by atoms with Crippen LogP contribution in [0.3, 0.4) is 0 Å². The highest BCUT2D eigenvalue weighted by Gasteiger charge is 2.39. The van der Waals surface area contributed by atoms with Crippen molar-refractivity contribution in [1.29, 1.82) is 0 Å². The number of nitrogens with one attached hydrogen (secondary N) is 2. The molecule has 3 atom stereocenters. The van der Waals surface area contributed by atoms with Crippen molar-refractivity contribution in [3.63, 3.8) is 0 Å². The van der Waals surface area contributed by atoms with E-state index in [-0.39, 0.29) is 43.6 Å². The maximum atomic E-state index is 13.1. The van der Waals surface area contributed by atoms with E-state index in [1.807, 2.05) is 5.32 Å². The number of aliphatic imine (C=N–C) groups is 1. The van der Waals surface area contributed by atoms with Crippen LogP contribution in [0.25, 0.3) is 11.0 Å². The Bertz CT molecular complexity index is 1450. The van der Waals surface area contributed by atoms with Gasteiger partial charge in [-0.15, -0.1) is 6.58 Å². The topological polar surface area (TPSA) is 143 Å². The molecule has 0 bridgehead atoms. The Morgan fingerprint density at radius 1 is 1.43 bits per heavy atom. The number of hydrogen-bond acceptors (Lipinski definition) is 10. The van der Waals surface area contributed by atoms with Crippen LogP contribution < -0.4 is 10.9 Å². The van der Waals surface area contributed by atoms with Crippen LogP contribution >= 0.6 is 21.6 Å². The van der Waals surface area contributed by atoms with Crippen LogP contribution in [0, 0.1) is 11.8 Å². The Kier molecular flexibility index (Phi) is 12.8. The average Bonchev–Trinajstić information content (AvgIpc) is 3.53. The van der Waals surface area contributed by atoms with E-state index >= 15 is 0 Å². The first-order valence-corrected chi connectivity index (χ1v) is 15.6. The van der Waals surface area contributed by atoms with Crippen LogP contribution in [0.5, 0.6) is 0 Å². The first kappa shape index (κ1) is 35.5. The number of aromatic nitrogens is 3. The molecule has 0 aliphatic carbocycles. The lowest BCUT2D eigenvalue weighted by molar-refractivity contribution is -0.173. The number of aliphatic hydroxyl groups excluding tert-OH is 1. The number of hydrogen-bond donors (Lipinski definition) is 3. The molecule has 3 N–H and O–H groups in total. The summed E-state index contributed by atoms with van der Waals surface area (Å²) in [5.41, 5.74) is 0.222. The minimum atomic E-state index is -4.93. The fraction of sp³-hybridized carbons (Fsp3) is 0.556. The van der Waals surface area contributed by atoms with E-state index in [4.69, 9.17) is 14.2 Å². The molecule has 1 aliphatic heterocycles. The smallest absolute Gasteiger partial charge is 0.394 e. The van der Waals surface area contributed by atoms with E-state index in [1.54, 1.807) is 49.7 Å². The van der Waals surface area contributed by atoms with Crippen LogP contribution in [0.15, 0.2) is 28.6 Å². The first-order valence-electron chi connectivity index (χ1n) is 13.3. The number of alkyl halides is 3. The minimum Gasteiger partial charge on any atom is -0.394 e. The van der Waals surface area contributed by atoms with Gasteiger partial charge in [0.1, 0.15) is 24.9 Å². The molecule has 1 amide bonds. The molecule has 1 fully saturated rings. The molecule has 0 radical (unpaired) electrons. The van der Waals surface area contributed by atoms with E-state index in [1.165, 1.54) is 27.9 Å². The number of nitrogens with zero attached hydrogens (tertiary/aromatic N) is 4. The van der Waals surface area contributed by atoms with Crippen molar-refractivity contribution in [2.24, 2.45) is 4.99 Å². The number of H-pyrrole nitrogens is 1. The molecule has 0 spiro atoms. The summed E-state index contributed by atoms with van der Waals surface area (Å²) in [4.78, 5) is 37.3. The molecule has 242 valence electrons. The lowest BCUT2D eigenvalue weighted by Gasteiger charge is -2.23. The zero-order chi connectivity index (χ0) is 32.5. The normalized spacial score (nSPS) is 18.9. The third-order valence-corrected chi connectivity index (χ3v) is 8.90. The lowest BCUT2D eigenvalue weighted by atomic mass is 10.2. The zero-order valence-corrected chi connectivity index (χ0v) is 26.3. The first-order chi connectivity index (χ1) is 20.8. The molecule has 1 aliphatic rings. The summed E-state index contributed by atoms with van der Waals surface area (Å²) < 4.78 is 55.6. The number of rotatable bonds is 14. The summed E-state index contributed by atoms with van der Waals surface area (Å²) in [6, 6.07) is 0. The summed E-state index contributed by atoms with van der Waals surface area (Å²) in [5, 5.41) is 11.9. The van der Waals surface area contributed by atoms with Crippen LogP contribution in [-0.2, 0) is 19.0 Å². The number of halogens is 3. The fourth-order valence-electron chi connectivity index (χ4n) is 3.96. The molecule has 1 saturated heterocycles. The second kappa shape index (κ2) is 15.8. The number of aliphatic hydroxyl groups is 1. The third-order valence-electron chi connectivity index (χ3n) is 5.93. The molecule has 0 saturated carbocycles. The highest BCUT2D eigenvalue weighted by Crippen LogP contribution is 2.36. The number of carbonyl (C=O) groups is 1. The molecular weight excluding hydrogens is 625 g/mol. The van der Waals surface area contributed by atoms with Crippen LogP contribution in [0.1, 0.15) is 32.1 Å². The molecule has 44 heavy (non-hydrogen) atoms. The van der Waals surface area contributed by atoms with Crippen LogP contribution in [0.4, 0.5) is 19.1 Å². The Morgan fingerprint density at radius 3 is 2.84 bits per heavy atom. The van der Waals surface area contributed by atoms with Gasteiger partial charge in [0.05, 0.1) is 36.6 Å². The number of aromatic amines is 1. The zero-order valence-electron chi connectivity index (χ0n) is 24.6. The molecule has 3 heterocycles. The summed E-state index contributed by atoms with van der Waals surface area (Å²) >= 11 is 0. The van der Waals surface area contributed by atoms with Crippen LogP contribution in [0.2, 0.25) is 0 Å².